The molecule has 18 heavy (non-hydrogen) atoms. The van der Waals surface area contributed by atoms with Crippen LogP contribution in [0.3, 0.4) is 0 Å². The van der Waals surface area contributed by atoms with Crippen LogP contribution in [-0.2, 0) is 5.75 Å². The Balaban J connectivity index is 2.17. The van der Waals surface area contributed by atoms with Gasteiger partial charge < -0.3 is 5.11 Å². The lowest BCUT2D eigenvalue weighted by atomic mass is 10.2. The summed E-state index contributed by atoms with van der Waals surface area (Å²) in [5, 5.41) is 11.1. The summed E-state index contributed by atoms with van der Waals surface area (Å²) in [6, 6.07) is 7.27. The monoisotopic (exact) mass is 406 g/mol. The average molecular weight is 408 g/mol. The zero-order chi connectivity index (χ0) is 13.1. The summed E-state index contributed by atoms with van der Waals surface area (Å²) >= 11 is 9.97. The minimum absolute atomic E-state index is 0.346. The second kappa shape index (κ2) is 6.23. The number of carboxylic acids is 1. The van der Waals surface area contributed by atoms with Crippen LogP contribution in [0.1, 0.15) is 15.2 Å². The molecule has 2 aromatic rings. The second-order valence-corrected chi connectivity index (χ2v) is 7.31. The van der Waals surface area contributed by atoms with Gasteiger partial charge in [0.1, 0.15) is 0 Å². The fourth-order valence-corrected chi connectivity index (χ4v) is 4.47. The fourth-order valence-electron chi connectivity index (χ4n) is 1.37. The third-order valence-corrected chi connectivity index (χ3v) is 5.64. The molecule has 0 amide bonds. The van der Waals surface area contributed by atoms with Crippen LogP contribution in [0.2, 0.25) is 0 Å². The highest BCUT2D eigenvalue weighted by atomic mass is 79.9. The van der Waals surface area contributed by atoms with Crippen molar-refractivity contribution in [2.45, 2.75) is 10.6 Å². The molecular weight excluding hydrogens is 400 g/mol. The van der Waals surface area contributed by atoms with Crippen molar-refractivity contribution in [3.05, 3.63) is 49.0 Å². The Morgan fingerprint density at radius 3 is 2.67 bits per heavy atom. The van der Waals surface area contributed by atoms with Gasteiger partial charge >= 0.3 is 5.97 Å². The molecule has 6 heteroatoms. The van der Waals surface area contributed by atoms with E-state index < -0.39 is 5.97 Å². The minimum atomic E-state index is -0.891. The summed E-state index contributed by atoms with van der Waals surface area (Å²) in [6.45, 7) is 0. The van der Waals surface area contributed by atoms with E-state index in [2.05, 4.69) is 37.9 Å². The summed E-state index contributed by atoms with van der Waals surface area (Å²) in [7, 11) is 0. The molecule has 0 aliphatic rings. The standard InChI is InChI=1S/C12H8Br2O2S2/c13-7-1-2-10(12(15)16)11(4-7)18-6-9-3-8(14)5-17-9/h1-5H,6H2,(H,15,16). The third-order valence-electron chi connectivity index (χ3n) is 2.17. The van der Waals surface area contributed by atoms with E-state index in [0.29, 0.717) is 5.56 Å². The van der Waals surface area contributed by atoms with Crippen molar-refractivity contribution in [3.8, 4) is 0 Å². The molecule has 1 aromatic carbocycles. The molecule has 0 bridgehead atoms. The maximum atomic E-state index is 11.1. The zero-order valence-electron chi connectivity index (χ0n) is 9.02. The van der Waals surface area contributed by atoms with E-state index in [1.54, 1.807) is 23.5 Å². The van der Waals surface area contributed by atoms with Crippen LogP contribution < -0.4 is 0 Å². The van der Waals surface area contributed by atoms with Crippen LogP contribution in [0.5, 0.6) is 0 Å². The number of hydrogen-bond donors (Lipinski definition) is 1. The molecule has 0 spiro atoms. The van der Waals surface area contributed by atoms with Crippen molar-refractivity contribution in [2.75, 3.05) is 0 Å². The maximum Gasteiger partial charge on any atom is 0.336 e. The smallest absolute Gasteiger partial charge is 0.336 e. The van der Waals surface area contributed by atoms with Crippen molar-refractivity contribution in [2.24, 2.45) is 0 Å². The molecule has 2 rings (SSSR count). The van der Waals surface area contributed by atoms with Crippen molar-refractivity contribution < 1.29 is 9.90 Å². The summed E-state index contributed by atoms with van der Waals surface area (Å²) in [5.41, 5.74) is 0.346. The lowest BCUT2D eigenvalue weighted by molar-refractivity contribution is 0.0693. The summed E-state index contributed by atoms with van der Waals surface area (Å²) in [4.78, 5) is 13.1. The predicted octanol–water partition coefficient (Wildman–Crippen LogP) is 5.26. The van der Waals surface area contributed by atoms with Crippen molar-refractivity contribution in [1.29, 1.82) is 0 Å². The summed E-state index contributed by atoms with van der Waals surface area (Å²) in [6.07, 6.45) is 0. The molecule has 0 unspecified atom stereocenters. The quantitative estimate of drug-likeness (QED) is 0.702. The molecular formula is C12H8Br2O2S2. The third kappa shape index (κ3) is 3.60. The number of halogens is 2. The van der Waals surface area contributed by atoms with Gasteiger partial charge in [0.15, 0.2) is 0 Å². The van der Waals surface area contributed by atoms with Crippen LogP contribution >= 0.6 is 55.0 Å². The summed E-state index contributed by atoms with van der Waals surface area (Å²) in [5.74, 6) is -0.120. The number of thiophene rings is 1. The second-order valence-electron chi connectivity index (χ2n) is 3.47. The van der Waals surface area contributed by atoms with Crippen LogP contribution in [0.25, 0.3) is 0 Å². The zero-order valence-corrected chi connectivity index (χ0v) is 13.8. The molecule has 0 atom stereocenters. The number of aromatic carboxylic acids is 1. The van der Waals surface area contributed by atoms with E-state index in [-0.39, 0.29) is 0 Å². The van der Waals surface area contributed by atoms with Gasteiger partial charge in [0.25, 0.3) is 0 Å². The van der Waals surface area contributed by atoms with Crippen LogP contribution in [0.15, 0.2) is 43.5 Å². The van der Waals surface area contributed by atoms with Gasteiger partial charge in [-0.05, 0) is 40.2 Å². The molecule has 2 nitrogen and oxygen atoms in total. The number of benzene rings is 1. The van der Waals surface area contributed by atoms with E-state index >= 15 is 0 Å². The van der Waals surface area contributed by atoms with Gasteiger partial charge in [-0.25, -0.2) is 4.79 Å². The first kappa shape index (κ1) is 14.1. The lowest BCUT2D eigenvalue weighted by Gasteiger charge is -2.05. The molecule has 1 heterocycles. The molecule has 1 aromatic heterocycles. The minimum Gasteiger partial charge on any atom is -0.478 e. The first-order valence-corrected chi connectivity index (χ1v) is 8.40. The normalized spacial score (nSPS) is 10.6. The number of rotatable bonds is 4. The average Bonchev–Trinajstić information content (AvgIpc) is 2.72. The molecule has 0 aliphatic carbocycles. The van der Waals surface area contributed by atoms with Gasteiger partial charge in [-0.1, -0.05) is 15.9 Å². The Hall–Kier alpha value is -0.300. The van der Waals surface area contributed by atoms with E-state index in [9.17, 15) is 4.79 Å². The van der Waals surface area contributed by atoms with E-state index in [1.807, 2.05) is 11.4 Å². The molecule has 0 saturated carbocycles. The van der Waals surface area contributed by atoms with Gasteiger partial charge in [-0.15, -0.1) is 23.1 Å². The van der Waals surface area contributed by atoms with Gasteiger partial charge in [0.05, 0.1) is 5.56 Å². The van der Waals surface area contributed by atoms with Gasteiger partial charge in [-0.2, -0.15) is 0 Å². The Labute approximate surface area is 130 Å². The van der Waals surface area contributed by atoms with Gasteiger partial charge in [0, 0.05) is 29.9 Å². The molecule has 0 radical (unpaired) electrons. The lowest BCUT2D eigenvalue weighted by Crippen LogP contribution is -1.98. The summed E-state index contributed by atoms with van der Waals surface area (Å²) < 4.78 is 1.96. The highest BCUT2D eigenvalue weighted by Gasteiger charge is 2.11. The molecule has 1 N–H and O–H groups in total. The largest absolute Gasteiger partial charge is 0.478 e. The Bertz CT molecular complexity index is 581. The van der Waals surface area contributed by atoms with E-state index in [0.717, 1.165) is 19.6 Å². The fraction of sp³-hybridized carbons (Fsp3) is 0.0833. The first-order chi connectivity index (χ1) is 8.56. The Kier molecular flexibility index (Phi) is 4.89. The first-order valence-electron chi connectivity index (χ1n) is 4.95. The van der Waals surface area contributed by atoms with Crippen molar-refractivity contribution >= 4 is 60.9 Å². The van der Waals surface area contributed by atoms with Crippen molar-refractivity contribution in [3.63, 3.8) is 0 Å². The van der Waals surface area contributed by atoms with Crippen LogP contribution in [-0.4, -0.2) is 11.1 Å². The molecule has 0 aliphatic heterocycles. The molecule has 0 fully saturated rings. The van der Waals surface area contributed by atoms with Gasteiger partial charge in [0.2, 0.25) is 0 Å². The predicted molar refractivity (Wildman–Crippen MR) is 82.7 cm³/mol. The Morgan fingerprint density at radius 2 is 2.06 bits per heavy atom. The van der Waals surface area contributed by atoms with Crippen LogP contribution in [0, 0.1) is 0 Å². The molecule has 94 valence electrons. The number of hydrogen-bond acceptors (Lipinski definition) is 3. The highest BCUT2D eigenvalue weighted by molar-refractivity contribution is 9.10. The van der Waals surface area contributed by atoms with Gasteiger partial charge in [-0.3, -0.25) is 0 Å². The van der Waals surface area contributed by atoms with Crippen molar-refractivity contribution in [1.82, 2.24) is 0 Å². The SMILES string of the molecule is O=C(O)c1ccc(Br)cc1SCc1cc(Br)cs1. The van der Waals surface area contributed by atoms with E-state index in [1.165, 1.54) is 16.6 Å². The van der Waals surface area contributed by atoms with E-state index in [4.69, 9.17) is 5.11 Å². The number of carbonyl (C=O) groups is 1. The maximum absolute atomic E-state index is 11.1. The topological polar surface area (TPSA) is 37.3 Å². The Morgan fingerprint density at radius 1 is 1.28 bits per heavy atom. The molecule has 0 saturated heterocycles. The van der Waals surface area contributed by atoms with Crippen LogP contribution in [0.4, 0.5) is 0 Å². The number of carboxylic acid groups (broad SMARTS) is 1. The number of thioether (sulfide) groups is 1. The highest BCUT2D eigenvalue weighted by Crippen LogP contribution is 2.31.